The molecular formula is C27H29NO3S. The Hall–Kier alpha value is -2.92. The molecule has 1 aliphatic heterocycles. The van der Waals surface area contributed by atoms with Crippen LogP contribution >= 0.6 is 11.8 Å². The van der Waals surface area contributed by atoms with Crippen molar-refractivity contribution in [1.29, 1.82) is 0 Å². The standard InChI is InChI=1S/C27H29NO3S/c1-6-10-17-13-14-20-25(19(17)7-2)28-21-11-8-9-12-24(21)32-27(20)18-15-22(29-3)26(31-5)23(16-18)30-4/h6-12,15-16,20,27H,2,13-14H2,1,3-5H3/b10-6-. The molecule has 2 aromatic rings. The van der Waals surface area contributed by atoms with E-state index in [1.165, 1.54) is 10.5 Å². The fraction of sp³-hybridized carbons (Fsp3) is 0.296. The van der Waals surface area contributed by atoms with E-state index < -0.39 is 0 Å². The Labute approximate surface area is 194 Å². The summed E-state index contributed by atoms with van der Waals surface area (Å²) in [5, 5.41) is 0.146. The van der Waals surface area contributed by atoms with Gasteiger partial charge in [0.05, 0.1) is 32.7 Å². The Balaban J connectivity index is 1.92. The largest absolute Gasteiger partial charge is 0.493 e. The number of fused-ring (bicyclic) bond motifs is 2. The number of ether oxygens (including phenoxy) is 3. The molecule has 0 saturated carbocycles. The van der Waals surface area contributed by atoms with Crippen LogP contribution in [-0.2, 0) is 0 Å². The zero-order valence-electron chi connectivity index (χ0n) is 19.1. The summed E-state index contributed by atoms with van der Waals surface area (Å²) >= 11 is 1.85. The minimum absolute atomic E-state index is 0.146. The van der Waals surface area contributed by atoms with E-state index in [1.54, 1.807) is 21.3 Å². The number of benzene rings is 2. The summed E-state index contributed by atoms with van der Waals surface area (Å²) in [7, 11) is 4.95. The zero-order chi connectivity index (χ0) is 22.7. The third-order valence-electron chi connectivity index (χ3n) is 6.01. The van der Waals surface area contributed by atoms with Crippen molar-refractivity contribution in [2.75, 3.05) is 21.3 Å². The van der Waals surface area contributed by atoms with Crippen molar-refractivity contribution in [1.82, 2.24) is 0 Å². The maximum absolute atomic E-state index is 5.66. The molecule has 0 bridgehead atoms. The number of allylic oxidation sites excluding steroid dienone is 5. The number of methoxy groups -OCH3 is 3. The van der Waals surface area contributed by atoms with E-state index in [0.29, 0.717) is 17.2 Å². The van der Waals surface area contributed by atoms with Gasteiger partial charge in [0.2, 0.25) is 5.75 Å². The summed E-state index contributed by atoms with van der Waals surface area (Å²) < 4.78 is 16.9. The first-order valence-electron chi connectivity index (χ1n) is 10.8. The molecule has 0 fully saturated rings. The van der Waals surface area contributed by atoms with Crippen molar-refractivity contribution in [2.24, 2.45) is 10.9 Å². The average molecular weight is 448 g/mol. The second kappa shape index (κ2) is 9.70. The molecule has 0 aromatic heterocycles. The van der Waals surface area contributed by atoms with E-state index in [2.05, 4.69) is 56.0 Å². The van der Waals surface area contributed by atoms with Crippen molar-refractivity contribution in [3.8, 4) is 17.2 Å². The number of nitrogens with zero attached hydrogens (tertiary/aromatic N) is 1. The van der Waals surface area contributed by atoms with Crippen molar-refractivity contribution in [3.63, 3.8) is 0 Å². The van der Waals surface area contributed by atoms with Gasteiger partial charge >= 0.3 is 0 Å². The van der Waals surface area contributed by atoms with Crippen molar-refractivity contribution >= 4 is 23.2 Å². The van der Waals surface area contributed by atoms with Gasteiger partial charge in [0, 0.05) is 16.1 Å². The Kier molecular flexibility index (Phi) is 6.75. The highest BCUT2D eigenvalue weighted by atomic mass is 32.2. The first kappa shape index (κ1) is 22.3. The Morgan fingerprint density at radius 1 is 1.06 bits per heavy atom. The van der Waals surface area contributed by atoms with Crippen molar-refractivity contribution in [2.45, 2.75) is 29.9 Å². The topological polar surface area (TPSA) is 40.0 Å². The van der Waals surface area contributed by atoms with E-state index in [-0.39, 0.29) is 11.2 Å². The summed E-state index contributed by atoms with van der Waals surface area (Å²) in [6.07, 6.45) is 8.25. The van der Waals surface area contributed by atoms with Crippen LogP contribution in [0.4, 0.5) is 5.69 Å². The monoisotopic (exact) mass is 447 g/mol. The molecule has 0 spiro atoms. The first-order chi connectivity index (χ1) is 15.6. The molecule has 2 aliphatic rings. The Morgan fingerprint density at radius 3 is 2.41 bits per heavy atom. The van der Waals surface area contributed by atoms with Gasteiger partial charge in [-0.15, -0.1) is 11.8 Å². The molecule has 0 N–H and O–H groups in total. The van der Waals surface area contributed by atoms with Gasteiger partial charge < -0.3 is 14.2 Å². The lowest BCUT2D eigenvalue weighted by Gasteiger charge is -2.32. The summed E-state index contributed by atoms with van der Waals surface area (Å²) in [4.78, 5) is 6.36. The van der Waals surface area contributed by atoms with Gasteiger partial charge in [0.15, 0.2) is 11.5 Å². The van der Waals surface area contributed by atoms with Crippen LogP contribution in [0.15, 0.2) is 82.2 Å². The van der Waals surface area contributed by atoms with E-state index in [0.717, 1.165) is 35.4 Å². The lowest BCUT2D eigenvalue weighted by atomic mass is 9.78. The third-order valence-corrected chi connectivity index (χ3v) is 7.46. The van der Waals surface area contributed by atoms with E-state index in [9.17, 15) is 0 Å². The second-order valence-corrected chi connectivity index (χ2v) is 8.93. The van der Waals surface area contributed by atoms with Crippen molar-refractivity contribution in [3.05, 3.63) is 77.9 Å². The van der Waals surface area contributed by atoms with E-state index >= 15 is 0 Å². The van der Waals surface area contributed by atoms with Crippen LogP contribution in [-0.4, -0.2) is 27.0 Å². The molecule has 4 nitrogen and oxygen atoms in total. The molecule has 5 heteroatoms. The zero-order valence-corrected chi connectivity index (χ0v) is 19.9. The predicted molar refractivity (Wildman–Crippen MR) is 133 cm³/mol. The third kappa shape index (κ3) is 3.97. The van der Waals surface area contributed by atoms with Gasteiger partial charge in [-0.25, -0.2) is 0 Å². The van der Waals surface area contributed by atoms with E-state index in [1.807, 2.05) is 23.9 Å². The average Bonchev–Trinajstić information content (AvgIpc) is 3.00. The van der Waals surface area contributed by atoms with Crippen LogP contribution in [0, 0.1) is 5.92 Å². The lowest BCUT2D eigenvalue weighted by molar-refractivity contribution is 0.323. The fourth-order valence-electron chi connectivity index (χ4n) is 4.56. The summed E-state index contributed by atoms with van der Waals surface area (Å²) in [5.74, 6) is 2.18. The molecule has 0 amide bonds. The summed E-state index contributed by atoms with van der Waals surface area (Å²) in [6.45, 7) is 6.19. The van der Waals surface area contributed by atoms with Gasteiger partial charge in [-0.1, -0.05) is 36.9 Å². The number of aliphatic imine (C=N–C) groups is 1. The highest BCUT2D eigenvalue weighted by molar-refractivity contribution is 7.99. The highest BCUT2D eigenvalue weighted by Crippen LogP contribution is 2.53. The SMILES string of the molecule is C=CC1=C(/C=C\C)CCC2C1=Nc1ccccc1SC2c1cc(OC)c(OC)c(OC)c1. The minimum atomic E-state index is 0.146. The van der Waals surface area contributed by atoms with Crippen molar-refractivity contribution < 1.29 is 14.2 Å². The minimum Gasteiger partial charge on any atom is -0.493 e. The highest BCUT2D eigenvalue weighted by Gasteiger charge is 2.36. The quantitative estimate of drug-likeness (QED) is 0.473. The molecule has 2 unspecified atom stereocenters. The van der Waals surface area contributed by atoms with Crippen LogP contribution < -0.4 is 14.2 Å². The molecule has 4 rings (SSSR count). The number of hydrogen-bond donors (Lipinski definition) is 0. The molecule has 32 heavy (non-hydrogen) atoms. The first-order valence-corrected chi connectivity index (χ1v) is 11.7. The lowest BCUT2D eigenvalue weighted by Crippen LogP contribution is -2.26. The molecule has 0 saturated heterocycles. The molecule has 0 radical (unpaired) electrons. The van der Waals surface area contributed by atoms with Crippen LogP contribution in [0.3, 0.4) is 0 Å². The van der Waals surface area contributed by atoms with Gasteiger partial charge in [0.25, 0.3) is 0 Å². The van der Waals surface area contributed by atoms with Crippen LogP contribution in [0.1, 0.15) is 30.6 Å². The summed E-state index contributed by atoms with van der Waals surface area (Å²) in [5.41, 5.74) is 5.69. The van der Waals surface area contributed by atoms with Crippen LogP contribution in [0.5, 0.6) is 17.2 Å². The summed E-state index contributed by atoms with van der Waals surface area (Å²) in [6, 6.07) is 12.5. The van der Waals surface area contributed by atoms with E-state index in [4.69, 9.17) is 19.2 Å². The number of rotatable bonds is 6. The molecular weight excluding hydrogens is 418 g/mol. The Bertz CT molecular complexity index is 1090. The van der Waals surface area contributed by atoms with Crippen LogP contribution in [0.25, 0.3) is 0 Å². The molecule has 1 aliphatic carbocycles. The molecule has 2 atom stereocenters. The number of para-hydroxylation sites is 1. The molecule has 2 aromatic carbocycles. The predicted octanol–water partition coefficient (Wildman–Crippen LogP) is 7.10. The second-order valence-electron chi connectivity index (χ2n) is 7.75. The number of hydrogen-bond acceptors (Lipinski definition) is 5. The molecule has 1 heterocycles. The van der Waals surface area contributed by atoms with Gasteiger partial charge in [-0.2, -0.15) is 0 Å². The Morgan fingerprint density at radius 2 is 1.78 bits per heavy atom. The van der Waals surface area contributed by atoms with Gasteiger partial charge in [-0.3, -0.25) is 4.99 Å². The maximum Gasteiger partial charge on any atom is 0.203 e. The van der Waals surface area contributed by atoms with Crippen LogP contribution in [0.2, 0.25) is 0 Å². The smallest absolute Gasteiger partial charge is 0.203 e. The number of thioether (sulfide) groups is 1. The molecule has 166 valence electrons. The normalized spacial score (nSPS) is 20.2. The van der Waals surface area contributed by atoms with Gasteiger partial charge in [0.1, 0.15) is 0 Å². The van der Waals surface area contributed by atoms with Gasteiger partial charge in [-0.05, 0) is 60.7 Å². The fourth-order valence-corrected chi connectivity index (χ4v) is 5.92. The maximum atomic E-state index is 5.66.